The molecular weight excluding hydrogens is 413 g/mol. The van der Waals surface area contributed by atoms with Crippen molar-refractivity contribution in [1.29, 1.82) is 0 Å². The summed E-state index contributed by atoms with van der Waals surface area (Å²) in [5.41, 5.74) is 0.905. The van der Waals surface area contributed by atoms with Crippen LogP contribution < -0.4 is 10.2 Å². The number of hydrogen-bond acceptors (Lipinski definition) is 6. The van der Waals surface area contributed by atoms with Crippen molar-refractivity contribution in [3.63, 3.8) is 0 Å². The van der Waals surface area contributed by atoms with Gasteiger partial charge in [0.2, 0.25) is 5.91 Å². The number of carbonyl (C=O) groups is 1. The van der Waals surface area contributed by atoms with E-state index in [0.717, 1.165) is 11.4 Å². The molecule has 0 saturated carbocycles. The Morgan fingerprint density at radius 1 is 1.26 bits per heavy atom. The fourth-order valence-electron chi connectivity index (χ4n) is 4.49. The molecule has 11 heteroatoms. The van der Waals surface area contributed by atoms with E-state index in [2.05, 4.69) is 25.2 Å². The predicted octanol–water partition coefficient (Wildman–Crippen LogP) is 2.60. The van der Waals surface area contributed by atoms with E-state index < -0.39 is 12.6 Å². The molecule has 2 N–H and O–H groups in total. The number of aromatic nitrogens is 4. The third kappa shape index (κ3) is 4.65. The second-order valence-electron chi connectivity index (χ2n) is 8.17. The minimum Gasteiger partial charge on any atom is -0.395 e. The van der Waals surface area contributed by atoms with Gasteiger partial charge in [-0.15, -0.1) is 0 Å². The van der Waals surface area contributed by atoms with Gasteiger partial charge in [0.05, 0.1) is 18.7 Å². The number of anilines is 2. The number of amides is 1. The summed E-state index contributed by atoms with van der Waals surface area (Å²) < 4.78 is 40.0. The molecule has 1 atom stereocenters. The quantitative estimate of drug-likeness (QED) is 0.745. The molecule has 0 spiro atoms. The number of fused-ring (bicyclic) bond motifs is 1. The molecule has 168 valence electrons. The zero-order valence-corrected chi connectivity index (χ0v) is 17.2. The summed E-state index contributed by atoms with van der Waals surface area (Å²) in [5.74, 6) is 1.89. The number of rotatable bonds is 5. The van der Waals surface area contributed by atoms with Crippen LogP contribution in [0.1, 0.15) is 55.1 Å². The first kappa shape index (κ1) is 21.5. The predicted molar refractivity (Wildman–Crippen MR) is 107 cm³/mol. The lowest BCUT2D eigenvalue weighted by molar-refractivity contribution is -0.127. The molecule has 8 nitrogen and oxygen atoms in total. The molecule has 31 heavy (non-hydrogen) atoms. The Morgan fingerprint density at radius 3 is 2.68 bits per heavy atom. The summed E-state index contributed by atoms with van der Waals surface area (Å²) in [6, 6.07) is 0. The van der Waals surface area contributed by atoms with Gasteiger partial charge >= 0.3 is 6.18 Å². The molecule has 0 aromatic carbocycles. The van der Waals surface area contributed by atoms with E-state index >= 15 is 0 Å². The maximum absolute atomic E-state index is 12.8. The third-order valence-corrected chi connectivity index (χ3v) is 5.84. The maximum atomic E-state index is 12.8. The van der Waals surface area contributed by atoms with Gasteiger partial charge in [0.15, 0.2) is 0 Å². The summed E-state index contributed by atoms with van der Waals surface area (Å²) in [6.07, 6.45) is -0.775. The minimum absolute atomic E-state index is 0.000395. The first-order valence-corrected chi connectivity index (χ1v) is 10.4. The lowest BCUT2D eigenvalue weighted by Crippen LogP contribution is -2.36. The first-order valence-electron chi connectivity index (χ1n) is 10.4. The van der Waals surface area contributed by atoms with E-state index in [1.54, 1.807) is 4.57 Å². The lowest BCUT2D eigenvalue weighted by Gasteiger charge is -2.35. The van der Waals surface area contributed by atoms with Crippen molar-refractivity contribution in [3.8, 4) is 0 Å². The van der Waals surface area contributed by atoms with Gasteiger partial charge < -0.3 is 19.9 Å². The molecule has 2 aromatic heterocycles. The highest BCUT2D eigenvalue weighted by Gasteiger charge is 2.33. The molecule has 2 aliphatic rings. The van der Waals surface area contributed by atoms with Crippen LogP contribution in [0.15, 0.2) is 12.5 Å². The van der Waals surface area contributed by atoms with Crippen molar-refractivity contribution in [2.45, 2.75) is 57.2 Å². The largest absolute Gasteiger partial charge is 0.395 e. The van der Waals surface area contributed by atoms with E-state index in [0.29, 0.717) is 44.0 Å². The molecule has 4 rings (SSSR count). The van der Waals surface area contributed by atoms with Crippen LogP contribution >= 0.6 is 0 Å². The van der Waals surface area contributed by atoms with Crippen molar-refractivity contribution in [1.82, 2.24) is 19.5 Å². The van der Waals surface area contributed by atoms with E-state index in [-0.39, 0.29) is 36.6 Å². The van der Waals surface area contributed by atoms with E-state index in [4.69, 9.17) is 0 Å². The highest BCUT2D eigenvalue weighted by atomic mass is 19.4. The molecular formula is C20H25F3N6O2. The van der Waals surface area contributed by atoms with E-state index in [9.17, 15) is 23.1 Å². The smallest absolute Gasteiger partial charge is 0.394 e. The highest BCUT2D eigenvalue weighted by molar-refractivity contribution is 5.94. The van der Waals surface area contributed by atoms with E-state index in [1.807, 2.05) is 6.92 Å². The summed E-state index contributed by atoms with van der Waals surface area (Å²) in [4.78, 5) is 26.9. The van der Waals surface area contributed by atoms with Gasteiger partial charge in [-0.3, -0.25) is 4.79 Å². The number of aliphatic hydroxyl groups excluding tert-OH is 1. The van der Waals surface area contributed by atoms with Crippen LogP contribution in [0.2, 0.25) is 0 Å². The number of carbonyl (C=O) groups excluding carboxylic acids is 1. The number of halogens is 3. The number of imidazole rings is 1. The van der Waals surface area contributed by atoms with Crippen LogP contribution in [0.5, 0.6) is 0 Å². The topological polar surface area (TPSA) is 96.2 Å². The Hall–Kier alpha value is -2.69. The van der Waals surface area contributed by atoms with Gasteiger partial charge in [-0.25, -0.2) is 15.0 Å². The summed E-state index contributed by atoms with van der Waals surface area (Å²) in [5, 5.41) is 12.1. The maximum Gasteiger partial charge on any atom is 0.394 e. The second kappa shape index (κ2) is 8.45. The number of hydrogen-bond donors (Lipinski definition) is 2. The summed E-state index contributed by atoms with van der Waals surface area (Å²) >= 11 is 0. The third-order valence-electron chi connectivity index (χ3n) is 5.84. The summed E-state index contributed by atoms with van der Waals surface area (Å²) in [6.45, 7) is 3.36. The fraction of sp³-hybridized carbons (Fsp3) is 0.600. The molecule has 2 aromatic rings. The van der Waals surface area contributed by atoms with Gasteiger partial charge in [-0.2, -0.15) is 13.2 Å². The summed E-state index contributed by atoms with van der Waals surface area (Å²) in [7, 11) is 0. The monoisotopic (exact) mass is 438 g/mol. The van der Waals surface area contributed by atoms with Crippen molar-refractivity contribution >= 4 is 17.5 Å². The number of nitrogens with one attached hydrogen (secondary N) is 1. The van der Waals surface area contributed by atoms with Crippen molar-refractivity contribution in [2.24, 2.45) is 0 Å². The lowest BCUT2D eigenvalue weighted by atomic mass is 9.92. The molecule has 4 heterocycles. The van der Waals surface area contributed by atoms with Crippen LogP contribution in [-0.4, -0.2) is 56.4 Å². The Morgan fingerprint density at radius 2 is 2.00 bits per heavy atom. The van der Waals surface area contributed by atoms with Crippen molar-refractivity contribution in [2.75, 3.05) is 29.9 Å². The Bertz CT molecular complexity index is 953. The van der Waals surface area contributed by atoms with Gasteiger partial charge in [-0.05, 0) is 18.8 Å². The van der Waals surface area contributed by atoms with Crippen LogP contribution in [0.3, 0.4) is 0 Å². The number of aliphatic hydroxyl groups is 1. The minimum atomic E-state index is -4.32. The zero-order valence-electron chi connectivity index (χ0n) is 17.2. The molecule has 1 saturated heterocycles. The molecule has 0 bridgehead atoms. The van der Waals surface area contributed by atoms with Crippen molar-refractivity contribution < 1.29 is 23.1 Å². The fourth-order valence-corrected chi connectivity index (χ4v) is 4.49. The van der Waals surface area contributed by atoms with Gasteiger partial charge in [0.1, 0.15) is 23.8 Å². The van der Waals surface area contributed by atoms with Crippen LogP contribution in [-0.2, 0) is 17.8 Å². The van der Waals surface area contributed by atoms with E-state index in [1.165, 1.54) is 12.5 Å². The molecule has 0 unspecified atom stereocenters. The average Bonchev–Trinajstić information content (AvgIpc) is 3.08. The van der Waals surface area contributed by atoms with Crippen molar-refractivity contribution in [3.05, 3.63) is 29.6 Å². The molecule has 2 aliphatic heterocycles. The van der Waals surface area contributed by atoms with Gasteiger partial charge in [0, 0.05) is 43.7 Å². The Labute approximate surface area is 177 Å². The molecule has 0 radical (unpaired) electrons. The molecule has 1 fully saturated rings. The zero-order chi connectivity index (χ0) is 22.2. The average molecular weight is 438 g/mol. The Balaban J connectivity index is 1.51. The standard InChI is InChI=1S/C20H25F3N6O2/c1-12-8-15(31)27-17-16(12)19(25-11-24-17)28-4-2-13(3-5-28)18-26-14(9-20(21,22)23)10-29(18)6-7-30/h10-13,30H,2-9H2,1H3,(H,24,25,27,31)/t12-/m1/s1. The second-order valence-corrected chi connectivity index (χ2v) is 8.17. The first-order chi connectivity index (χ1) is 14.7. The van der Waals surface area contributed by atoms with Gasteiger partial charge in [-0.1, -0.05) is 6.92 Å². The number of nitrogens with zero attached hydrogens (tertiary/aromatic N) is 5. The highest BCUT2D eigenvalue weighted by Crippen LogP contribution is 2.38. The number of alkyl halides is 3. The SMILES string of the molecule is C[C@@H]1CC(=O)Nc2ncnc(N3CCC(c4nc(CC(F)(F)F)cn4CCO)CC3)c21. The number of piperidine rings is 1. The normalized spacial score (nSPS) is 20.0. The molecule has 1 amide bonds. The van der Waals surface area contributed by atoms with Gasteiger partial charge in [0.25, 0.3) is 0 Å². The van der Waals surface area contributed by atoms with Crippen LogP contribution in [0.25, 0.3) is 0 Å². The van der Waals surface area contributed by atoms with Crippen LogP contribution in [0, 0.1) is 0 Å². The van der Waals surface area contributed by atoms with Crippen LogP contribution in [0.4, 0.5) is 24.8 Å². The Kier molecular flexibility index (Phi) is 5.87. The molecule has 0 aliphatic carbocycles.